The molecule has 0 atom stereocenters. The number of nitrogens with one attached hydrogen (secondary N) is 1. The van der Waals surface area contributed by atoms with Crippen molar-refractivity contribution in [2.75, 3.05) is 31.1 Å². The molecule has 1 amide bonds. The van der Waals surface area contributed by atoms with Crippen LogP contribution in [-0.2, 0) is 0 Å². The lowest BCUT2D eigenvalue weighted by molar-refractivity contribution is 0.0700. The van der Waals surface area contributed by atoms with Crippen molar-refractivity contribution >= 4 is 17.8 Å². The van der Waals surface area contributed by atoms with E-state index in [1.807, 2.05) is 46.2 Å². The first kappa shape index (κ1) is 23.6. The summed E-state index contributed by atoms with van der Waals surface area (Å²) in [7, 11) is 0. The van der Waals surface area contributed by atoms with Crippen LogP contribution in [0.2, 0.25) is 0 Å². The minimum Gasteiger partial charge on any atom is -0.370 e. The fourth-order valence-corrected chi connectivity index (χ4v) is 3.66. The highest BCUT2D eigenvalue weighted by Crippen LogP contribution is 2.25. The van der Waals surface area contributed by atoms with Crippen molar-refractivity contribution in [3.63, 3.8) is 0 Å². The van der Waals surface area contributed by atoms with Gasteiger partial charge in [-0.15, -0.1) is 0 Å². The van der Waals surface area contributed by atoms with E-state index in [1.54, 1.807) is 42.3 Å². The Morgan fingerprint density at radius 3 is 2.49 bits per heavy atom. The highest BCUT2D eigenvalue weighted by Gasteiger charge is 2.22. The second-order valence-corrected chi connectivity index (χ2v) is 7.74. The number of nitrogens with two attached hydrogens (primary N) is 1. The molecule has 1 aliphatic heterocycles. The zero-order chi connectivity index (χ0) is 24.6. The first-order valence-electron chi connectivity index (χ1n) is 11.0. The predicted molar refractivity (Wildman–Crippen MR) is 135 cm³/mol. The lowest BCUT2D eigenvalue weighted by Gasteiger charge is -2.35. The molecular weight excluding hydrogens is 444 g/mol. The van der Waals surface area contributed by atoms with Gasteiger partial charge in [-0.05, 0) is 29.3 Å². The fraction of sp³-hybridized carbons (Fsp3) is 0.160. The Kier molecular flexibility index (Phi) is 7.44. The van der Waals surface area contributed by atoms with Crippen LogP contribution < -0.4 is 16.1 Å². The third-order valence-electron chi connectivity index (χ3n) is 5.54. The molecule has 1 aromatic carbocycles. The van der Waals surface area contributed by atoms with Crippen molar-refractivity contribution < 1.29 is 10.0 Å². The smallest absolute Gasteiger partial charge is 0.293 e. The first-order valence-corrected chi connectivity index (χ1v) is 11.0. The number of hydroxylamine groups is 1. The molecule has 4 N–H and O–H groups in total. The molecule has 0 saturated carbocycles. The molecular formula is C25H26N8O2. The molecule has 35 heavy (non-hydrogen) atoms. The molecule has 1 aliphatic rings. The average Bonchev–Trinajstić information content (AvgIpc) is 2.93. The lowest BCUT2D eigenvalue weighted by atomic mass is 10.0. The second kappa shape index (κ2) is 11.0. The van der Waals surface area contributed by atoms with E-state index >= 15 is 0 Å². The summed E-state index contributed by atoms with van der Waals surface area (Å²) in [6, 6.07) is 13.2. The van der Waals surface area contributed by atoms with Crippen molar-refractivity contribution in [1.29, 1.82) is 0 Å². The monoisotopic (exact) mass is 470 g/mol. The minimum absolute atomic E-state index is 0.0712. The number of aliphatic imine (C=N–C) groups is 1. The number of amides is 1. The van der Waals surface area contributed by atoms with E-state index in [0.717, 1.165) is 16.7 Å². The largest absolute Gasteiger partial charge is 0.370 e. The van der Waals surface area contributed by atoms with Gasteiger partial charge in [0, 0.05) is 50.3 Å². The highest BCUT2D eigenvalue weighted by molar-refractivity contribution is 5.92. The second-order valence-electron chi connectivity index (χ2n) is 7.74. The number of rotatable bonds is 6. The molecule has 178 valence electrons. The summed E-state index contributed by atoms with van der Waals surface area (Å²) in [6.45, 7) is 6.02. The van der Waals surface area contributed by atoms with E-state index in [0.29, 0.717) is 43.8 Å². The Morgan fingerprint density at radius 2 is 1.83 bits per heavy atom. The van der Waals surface area contributed by atoms with Gasteiger partial charge in [0.25, 0.3) is 5.91 Å². The summed E-state index contributed by atoms with van der Waals surface area (Å²) >= 11 is 0. The number of piperazine rings is 1. The zero-order valence-electron chi connectivity index (χ0n) is 19.1. The summed E-state index contributed by atoms with van der Waals surface area (Å²) in [5.74, 6) is 0.122. The number of anilines is 1. The van der Waals surface area contributed by atoms with E-state index in [2.05, 4.69) is 21.5 Å². The predicted octanol–water partition coefficient (Wildman–Crippen LogP) is 2.46. The van der Waals surface area contributed by atoms with Gasteiger partial charge in [-0.25, -0.2) is 20.4 Å². The molecule has 0 aliphatic carbocycles. The molecule has 4 rings (SSSR count). The van der Waals surface area contributed by atoms with Crippen LogP contribution in [0.15, 0.2) is 84.8 Å². The Bertz CT molecular complexity index is 1230. The van der Waals surface area contributed by atoms with E-state index in [9.17, 15) is 10.0 Å². The van der Waals surface area contributed by atoms with Crippen molar-refractivity contribution in [3.8, 4) is 22.4 Å². The third-order valence-corrected chi connectivity index (χ3v) is 5.54. The summed E-state index contributed by atoms with van der Waals surface area (Å²) < 4.78 is 0. The molecule has 0 bridgehead atoms. The van der Waals surface area contributed by atoms with Crippen molar-refractivity contribution in [1.82, 2.24) is 25.3 Å². The molecule has 0 radical (unpaired) electrons. The minimum atomic E-state index is -0.703. The average molecular weight is 471 g/mol. The van der Waals surface area contributed by atoms with E-state index in [1.165, 1.54) is 0 Å². The Hall–Kier alpha value is -4.57. The van der Waals surface area contributed by atoms with Crippen LogP contribution >= 0.6 is 0 Å². The van der Waals surface area contributed by atoms with E-state index < -0.39 is 5.91 Å². The van der Waals surface area contributed by atoms with Crippen molar-refractivity contribution in [2.24, 2.45) is 10.7 Å². The zero-order valence-corrected chi connectivity index (χ0v) is 19.1. The number of nitrogens with zero attached hydrogens (tertiary/aromatic N) is 6. The normalized spacial score (nSPS) is 14.3. The van der Waals surface area contributed by atoms with Crippen molar-refractivity contribution in [3.05, 3.63) is 85.5 Å². The van der Waals surface area contributed by atoms with Gasteiger partial charge < -0.3 is 15.5 Å². The molecule has 10 heteroatoms. The van der Waals surface area contributed by atoms with Crippen LogP contribution in [0.25, 0.3) is 22.4 Å². The quantitative estimate of drug-likeness (QED) is 0.165. The number of carbonyl (C=O) groups excluding carboxylic acids is 1. The molecule has 3 heterocycles. The molecule has 3 aromatic rings. The van der Waals surface area contributed by atoms with Crippen LogP contribution in [0.3, 0.4) is 0 Å². The topological polar surface area (TPSA) is 133 Å². The number of guanidine groups is 1. The maximum Gasteiger partial charge on any atom is 0.293 e. The summed E-state index contributed by atoms with van der Waals surface area (Å²) in [4.78, 5) is 33.6. The maximum absolute atomic E-state index is 12.2. The van der Waals surface area contributed by atoms with Gasteiger partial charge in [-0.2, -0.15) is 0 Å². The van der Waals surface area contributed by atoms with Crippen LogP contribution in [0.5, 0.6) is 0 Å². The van der Waals surface area contributed by atoms with Crippen LogP contribution in [0.1, 0.15) is 10.5 Å². The first-order chi connectivity index (χ1) is 17.1. The Labute approximate surface area is 203 Å². The number of aromatic nitrogens is 3. The molecule has 10 nitrogen and oxygen atoms in total. The summed E-state index contributed by atoms with van der Waals surface area (Å²) in [6.07, 6.45) is 8.47. The van der Waals surface area contributed by atoms with Crippen LogP contribution in [0.4, 0.5) is 5.95 Å². The summed E-state index contributed by atoms with van der Waals surface area (Å²) in [5, 5.41) is 9.17. The highest BCUT2D eigenvalue weighted by atomic mass is 16.5. The molecule has 1 fully saturated rings. The van der Waals surface area contributed by atoms with Gasteiger partial charge >= 0.3 is 0 Å². The van der Waals surface area contributed by atoms with Crippen LogP contribution in [0, 0.1) is 0 Å². The number of allylic oxidation sites excluding steroid dienone is 2. The van der Waals surface area contributed by atoms with Gasteiger partial charge in [0.15, 0.2) is 5.96 Å². The number of pyridine rings is 1. The maximum atomic E-state index is 12.2. The molecule has 0 unspecified atom stereocenters. The summed E-state index contributed by atoms with van der Waals surface area (Å²) in [5.41, 5.74) is 11.2. The number of hydrogen-bond donors (Lipinski definition) is 3. The SMILES string of the molecule is C=C/C=C\N=C(/N)N1CCN(c2nc(C(=O)NO)cc(-c3ccc(-c4cccnc4)cc3)n2)CC1. The molecule has 1 saturated heterocycles. The van der Waals surface area contributed by atoms with Crippen molar-refractivity contribution in [2.45, 2.75) is 0 Å². The standard InChI is InChI=1S/C25H26N8O2/c1-2-3-11-28-24(26)32-12-14-33(15-13-32)25-29-21(16-22(30-25)23(34)31-35)19-8-6-18(7-9-19)20-5-4-10-27-17-20/h2-11,16-17,35H,1,12-15H2,(H2,26,28)(H,31,34)/b11-3-. The number of hydrogen-bond acceptors (Lipinski definition) is 7. The van der Waals surface area contributed by atoms with Gasteiger partial charge in [-0.1, -0.05) is 43.0 Å². The molecule has 2 aromatic heterocycles. The van der Waals surface area contributed by atoms with E-state index in [4.69, 9.17) is 10.7 Å². The molecule has 0 spiro atoms. The van der Waals surface area contributed by atoms with Gasteiger partial charge in [0.2, 0.25) is 5.95 Å². The van der Waals surface area contributed by atoms with Gasteiger partial charge in [0.05, 0.1) is 5.69 Å². The Morgan fingerprint density at radius 1 is 1.09 bits per heavy atom. The van der Waals surface area contributed by atoms with Gasteiger partial charge in [-0.3, -0.25) is 15.0 Å². The van der Waals surface area contributed by atoms with Gasteiger partial charge in [0.1, 0.15) is 5.69 Å². The number of benzene rings is 1. The third kappa shape index (κ3) is 5.68. The fourth-order valence-electron chi connectivity index (χ4n) is 3.66. The lowest BCUT2D eigenvalue weighted by Crippen LogP contribution is -2.51. The van der Waals surface area contributed by atoms with Crippen LogP contribution in [-0.4, -0.2) is 63.1 Å². The Balaban J connectivity index is 1.57. The van der Waals surface area contributed by atoms with E-state index in [-0.39, 0.29) is 5.69 Å². The number of carbonyl (C=O) groups is 1.